The maximum atomic E-state index is 6.42. The van der Waals surface area contributed by atoms with E-state index in [-0.39, 0.29) is 0 Å². The second-order valence-electron chi connectivity index (χ2n) is 5.12. The van der Waals surface area contributed by atoms with Crippen LogP contribution in [0.25, 0.3) is 21.5 Å². The molecule has 0 radical (unpaired) electrons. The van der Waals surface area contributed by atoms with Crippen LogP contribution in [-0.2, 0) is 0 Å². The summed E-state index contributed by atoms with van der Waals surface area (Å²) >= 11 is 0. The normalized spacial score (nSPS) is 10.9. The molecule has 22 heavy (non-hydrogen) atoms. The molecule has 0 atom stereocenters. The van der Waals surface area contributed by atoms with Gasteiger partial charge in [0.05, 0.1) is 11.4 Å². The molecule has 3 N–H and O–H groups in total. The summed E-state index contributed by atoms with van der Waals surface area (Å²) in [4.78, 5) is 8.46. The molecule has 0 unspecified atom stereocenters. The number of nitrogen functional groups attached to an aromatic ring is 1. The molecule has 2 aromatic heterocycles. The quantitative estimate of drug-likeness (QED) is 0.331. The number of rotatable bonds is 2. The Morgan fingerprint density at radius 2 is 1.36 bits per heavy atom. The van der Waals surface area contributed by atoms with E-state index in [9.17, 15) is 0 Å². The molecular formula is C18H14N4. The predicted molar refractivity (Wildman–Crippen MR) is 91.2 cm³/mol. The first-order valence-electron chi connectivity index (χ1n) is 7.05. The van der Waals surface area contributed by atoms with Crippen LogP contribution in [0.1, 0.15) is 0 Å². The van der Waals surface area contributed by atoms with Crippen molar-refractivity contribution in [3.63, 3.8) is 0 Å². The Labute approximate surface area is 127 Å². The Bertz CT molecular complexity index is 964. The van der Waals surface area contributed by atoms with Crippen LogP contribution in [0.4, 0.5) is 17.1 Å². The first-order chi connectivity index (χ1) is 10.8. The fourth-order valence-corrected chi connectivity index (χ4v) is 2.75. The minimum atomic E-state index is 0.722. The Hall–Kier alpha value is -3.14. The Balaban J connectivity index is 2.05. The highest BCUT2D eigenvalue weighted by atomic mass is 14.9. The van der Waals surface area contributed by atoms with Gasteiger partial charge in [-0.05, 0) is 24.3 Å². The van der Waals surface area contributed by atoms with Gasteiger partial charge in [-0.15, -0.1) is 0 Å². The van der Waals surface area contributed by atoms with Gasteiger partial charge in [0.25, 0.3) is 0 Å². The fraction of sp³-hybridized carbons (Fsp3) is 0. The molecule has 106 valence electrons. The molecule has 0 aliphatic heterocycles. The summed E-state index contributed by atoms with van der Waals surface area (Å²) in [5.41, 5.74) is 9.05. The van der Waals surface area contributed by atoms with E-state index < -0.39 is 0 Å². The Morgan fingerprint density at radius 1 is 0.727 bits per heavy atom. The summed E-state index contributed by atoms with van der Waals surface area (Å²) in [6.45, 7) is 0. The second-order valence-corrected chi connectivity index (χ2v) is 5.12. The molecule has 0 spiro atoms. The van der Waals surface area contributed by atoms with Gasteiger partial charge in [-0.1, -0.05) is 18.2 Å². The average molecular weight is 286 g/mol. The molecule has 4 nitrogen and oxygen atoms in total. The molecular weight excluding hydrogens is 272 g/mol. The van der Waals surface area contributed by atoms with Gasteiger partial charge >= 0.3 is 0 Å². The number of pyridine rings is 2. The number of hydrogen-bond donors (Lipinski definition) is 2. The van der Waals surface area contributed by atoms with Crippen LogP contribution in [0.5, 0.6) is 0 Å². The minimum Gasteiger partial charge on any atom is -0.397 e. The third-order valence-corrected chi connectivity index (χ3v) is 3.80. The Morgan fingerprint density at radius 3 is 2.09 bits per heavy atom. The highest BCUT2D eigenvalue weighted by molar-refractivity contribution is 6.19. The number of hydrogen-bond acceptors (Lipinski definition) is 4. The van der Waals surface area contributed by atoms with Crippen LogP contribution in [-0.4, -0.2) is 9.97 Å². The van der Waals surface area contributed by atoms with Crippen molar-refractivity contribution in [2.24, 2.45) is 0 Å². The zero-order chi connectivity index (χ0) is 14.9. The van der Waals surface area contributed by atoms with Crippen LogP contribution < -0.4 is 11.1 Å². The molecule has 0 aliphatic carbocycles. The number of anilines is 3. The first-order valence-corrected chi connectivity index (χ1v) is 7.05. The highest BCUT2D eigenvalue weighted by Gasteiger charge is 2.12. The third-order valence-electron chi connectivity index (χ3n) is 3.80. The van der Waals surface area contributed by atoms with Crippen molar-refractivity contribution in [1.82, 2.24) is 9.97 Å². The smallest absolute Gasteiger partial charge is 0.0705 e. The molecule has 0 fully saturated rings. The van der Waals surface area contributed by atoms with Gasteiger partial charge in [0.1, 0.15) is 0 Å². The highest BCUT2D eigenvalue weighted by Crippen LogP contribution is 2.38. The summed E-state index contributed by atoms with van der Waals surface area (Å²) in [5, 5.41) is 7.51. The predicted octanol–water partition coefficient (Wildman–Crippen LogP) is 4.11. The molecule has 0 amide bonds. The Kier molecular flexibility index (Phi) is 2.86. The average Bonchev–Trinajstić information content (AvgIpc) is 2.59. The van der Waals surface area contributed by atoms with Crippen molar-refractivity contribution in [1.29, 1.82) is 0 Å². The molecule has 0 saturated heterocycles. The van der Waals surface area contributed by atoms with E-state index in [1.807, 2.05) is 54.9 Å². The maximum absolute atomic E-state index is 6.42. The zero-order valence-corrected chi connectivity index (χ0v) is 11.8. The zero-order valence-electron chi connectivity index (χ0n) is 11.8. The van der Waals surface area contributed by atoms with Crippen molar-refractivity contribution < 1.29 is 0 Å². The standard InChI is InChI=1S/C18H14N4/c19-17-13-6-8-20-10-15(13)16-11-21-9-7-14(16)18(17)22-12-4-2-1-3-5-12/h1-11,22H,19H2. The SMILES string of the molecule is Nc1c(Nc2ccccc2)c2ccncc2c2cnccc12. The van der Waals surface area contributed by atoms with Gasteiger partial charge in [-0.2, -0.15) is 0 Å². The summed E-state index contributed by atoms with van der Waals surface area (Å²) in [6.07, 6.45) is 7.23. The number of aromatic nitrogens is 2. The maximum Gasteiger partial charge on any atom is 0.0705 e. The lowest BCUT2D eigenvalue weighted by Crippen LogP contribution is -1.99. The molecule has 2 aromatic carbocycles. The van der Waals surface area contributed by atoms with Crippen molar-refractivity contribution in [3.05, 3.63) is 67.3 Å². The molecule has 2 heterocycles. The lowest BCUT2D eigenvalue weighted by Gasteiger charge is -2.15. The van der Waals surface area contributed by atoms with Gasteiger partial charge in [0.2, 0.25) is 0 Å². The van der Waals surface area contributed by atoms with Gasteiger partial charge < -0.3 is 11.1 Å². The van der Waals surface area contributed by atoms with Crippen molar-refractivity contribution in [2.45, 2.75) is 0 Å². The lowest BCUT2D eigenvalue weighted by atomic mass is 10.0. The third kappa shape index (κ3) is 1.93. The van der Waals surface area contributed by atoms with Crippen molar-refractivity contribution >= 4 is 38.6 Å². The summed E-state index contributed by atoms with van der Waals surface area (Å²) in [6, 6.07) is 13.9. The number of nitrogens with one attached hydrogen (secondary N) is 1. The number of benzene rings is 2. The van der Waals surface area contributed by atoms with Crippen LogP contribution in [0.15, 0.2) is 67.3 Å². The molecule has 0 bridgehead atoms. The molecule has 4 aromatic rings. The van der Waals surface area contributed by atoms with Gasteiger partial charge in [0.15, 0.2) is 0 Å². The van der Waals surface area contributed by atoms with Crippen LogP contribution in [0.3, 0.4) is 0 Å². The van der Waals surface area contributed by atoms with E-state index >= 15 is 0 Å². The molecule has 0 aliphatic rings. The number of nitrogens with zero attached hydrogens (tertiary/aromatic N) is 2. The number of fused-ring (bicyclic) bond motifs is 3. The first kappa shape index (κ1) is 12.6. The van der Waals surface area contributed by atoms with E-state index in [2.05, 4.69) is 15.3 Å². The topological polar surface area (TPSA) is 63.8 Å². The van der Waals surface area contributed by atoms with Crippen molar-refractivity contribution in [3.8, 4) is 0 Å². The molecule has 4 rings (SSSR count). The monoisotopic (exact) mass is 286 g/mol. The van der Waals surface area contributed by atoms with Crippen LogP contribution >= 0.6 is 0 Å². The number of nitrogens with two attached hydrogens (primary N) is 1. The lowest BCUT2D eigenvalue weighted by molar-refractivity contribution is 1.35. The van der Waals surface area contributed by atoms with E-state index in [0.717, 1.165) is 38.6 Å². The van der Waals surface area contributed by atoms with E-state index in [1.54, 1.807) is 12.4 Å². The second kappa shape index (κ2) is 5.00. The van der Waals surface area contributed by atoms with Gasteiger partial charge in [0, 0.05) is 52.0 Å². The molecule has 0 saturated carbocycles. The van der Waals surface area contributed by atoms with Crippen LogP contribution in [0.2, 0.25) is 0 Å². The largest absolute Gasteiger partial charge is 0.397 e. The minimum absolute atomic E-state index is 0.722. The van der Waals surface area contributed by atoms with Crippen LogP contribution in [0, 0.1) is 0 Å². The summed E-state index contributed by atoms with van der Waals surface area (Å²) < 4.78 is 0. The van der Waals surface area contributed by atoms with Gasteiger partial charge in [-0.3, -0.25) is 9.97 Å². The fourth-order valence-electron chi connectivity index (χ4n) is 2.75. The van der Waals surface area contributed by atoms with E-state index in [4.69, 9.17) is 5.73 Å². The molecule has 4 heteroatoms. The van der Waals surface area contributed by atoms with Gasteiger partial charge in [-0.25, -0.2) is 0 Å². The van der Waals surface area contributed by atoms with E-state index in [0.29, 0.717) is 0 Å². The summed E-state index contributed by atoms with van der Waals surface area (Å²) in [5.74, 6) is 0. The number of para-hydroxylation sites is 1. The van der Waals surface area contributed by atoms with Crippen molar-refractivity contribution in [2.75, 3.05) is 11.1 Å². The summed E-state index contributed by atoms with van der Waals surface area (Å²) in [7, 11) is 0. The van der Waals surface area contributed by atoms with E-state index in [1.165, 1.54) is 0 Å².